The molecule has 1 fully saturated rings. The van der Waals surface area contributed by atoms with E-state index in [0.717, 1.165) is 36.4 Å². The van der Waals surface area contributed by atoms with Gasteiger partial charge in [-0.3, -0.25) is 4.90 Å². The van der Waals surface area contributed by atoms with Gasteiger partial charge >= 0.3 is 0 Å². The average Bonchev–Trinajstić information content (AvgIpc) is 2.36. The summed E-state index contributed by atoms with van der Waals surface area (Å²) in [5.41, 5.74) is 0.893. The van der Waals surface area contributed by atoms with Crippen molar-refractivity contribution in [3.63, 3.8) is 0 Å². The molecule has 0 aromatic heterocycles. The van der Waals surface area contributed by atoms with Crippen LogP contribution in [0, 0.1) is 11.7 Å². The highest BCUT2D eigenvalue weighted by Gasteiger charge is 2.19. The van der Waals surface area contributed by atoms with Gasteiger partial charge in [-0.2, -0.15) is 0 Å². The molecule has 0 bridgehead atoms. The van der Waals surface area contributed by atoms with Crippen LogP contribution in [0.1, 0.15) is 18.4 Å². The van der Waals surface area contributed by atoms with E-state index in [1.54, 1.807) is 6.07 Å². The van der Waals surface area contributed by atoms with E-state index in [1.807, 2.05) is 6.07 Å². The number of nitrogens with zero attached hydrogens (tertiary/aromatic N) is 1. The monoisotopic (exact) mass is 319 g/mol. The maximum absolute atomic E-state index is 13.3. The molecule has 0 amide bonds. The molecule has 0 spiro atoms. The van der Waals surface area contributed by atoms with Gasteiger partial charge in [-0.25, -0.2) is 4.39 Å². The lowest BCUT2D eigenvalue weighted by atomic mass is 9.99. The fourth-order valence-electron chi connectivity index (χ4n) is 2.21. The number of hydrogen-bond donors (Lipinski definition) is 0. The number of rotatable bonds is 3. The first-order chi connectivity index (χ1) is 8.20. The number of likely N-dealkylation sites (tertiary alicyclic amines) is 1. The molecule has 1 saturated heterocycles. The molecule has 1 heterocycles. The van der Waals surface area contributed by atoms with Gasteiger partial charge in [0.2, 0.25) is 0 Å². The highest BCUT2D eigenvalue weighted by atomic mass is 79.9. The van der Waals surface area contributed by atoms with Crippen LogP contribution in [0.25, 0.3) is 0 Å². The lowest BCUT2D eigenvalue weighted by Crippen LogP contribution is -2.33. The van der Waals surface area contributed by atoms with Crippen molar-refractivity contribution < 1.29 is 4.39 Å². The molecule has 1 nitrogen and oxygen atoms in total. The van der Waals surface area contributed by atoms with E-state index in [1.165, 1.54) is 18.9 Å². The second kappa shape index (κ2) is 6.17. The Kier molecular flexibility index (Phi) is 4.83. The van der Waals surface area contributed by atoms with Gasteiger partial charge in [0, 0.05) is 11.9 Å². The topological polar surface area (TPSA) is 3.24 Å². The van der Waals surface area contributed by atoms with Gasteiger partial charge in [0.05, 0.1) is 5.02 Å². The van der Waals surface area contributed by atoms with Crippen molar-refractivity contribution in [1.29, 1.82) is 0 Å². The third-order valence-electron chi connectivity index (χ3n) is 3.35. The summed E-state index contributed by atoms with van der Waals surface area (Å²) in [5, 5.41) is 1.36. The van der Waals surface area contributed by atoms with Crippen LogP contribution >= 0.6 is 27.5 Å². The van der Waals surface area contributed by atoms with Crippen molar-refractivity contribution in [2.75, 3.05) is 18.4 Å². The first-order valence-electron chi connectivity index (χ1n) is 5.92. The third-order valence-corrected chi connectivity index (χ3v) is 4.69. The number of piperidine rings is 1. The molecular formula is C13H16BrClFN. The molecule has 1 aliphatic rings. The zero-order chi connectivity index (χ0) is 12.3. The fraction of sp³-hybridized carbons (Fsp3) is 0.538. The summed E-state index contributed by atoms with van der Waals surface area (Å²) in [7, 11) is 0. The molecule has 4 heteroatoms. The summed E-state index contributed by atoms with van der Waals surface area (Å²) in [6.07, 6.45) is 2.41. The van der Waals surface area contributed by atoms with Gasteiger partial charge < -0.3 is 0 Å². The van der Waals surface area contributed by atoms with E-state index < -0.39 is 0 Å². The normalized spacial score (nSPS) is 18.5. The van der Waals surface area contributed by atoms with Crippen molar-refractivity contribution in [2.24, 2.45) is 5.92 Å². The largest absolute Gasteiger partial charge is 0.299 e. The summed E-state index contributed by atoms with van der Waals surface area (Å²) in [6.45, 7) is 2.90. The fourth-order valence-corrected chi connectivity index (χ4v) is 3.04. The van der Waals surface area contributed by atoms with Gasteiger partial charge in [-0.15, -0.1) is 0 Å². The minimum atomic E-state index is -0.320. The molecular weight excluding hydrogens is 305 g/mol. The Hall–Kier alpha value is -0.120. The van der Waals surface area contributed by atoms with Crippen LogP contribution in [-0.2, 0) is 6.54 Å². The molecule has 94 valence electrons. The van der Waals surface area contributed by atoms with E-state index in [9.17, 15) is 4.39 Å². The molecule has 0 unspecified atom stereocenters. The minimum absolute atomic E-state index is 0.273. The second-order valence-corrected chi connectivity index (χ2v) is 5.61. The molecule has 1 aliphatic heterocycles. The molecule has 17 heavy (non-hydrogen) atoms. The van der Waals surface area contributed by atoms with Gasteiger partial charge in [-0.1, -0.05) is 39.7 Å². The molecule has 1 aromatic carbocycles. The van der Waals surface area contributed by atoms with Crippen LogP contribution < -0.4 is 0 Å². The van der Waals surface area contributed by atoms with Crippen LogP contribution in [0.3, 0.4) is 0 Å². The van der Waals surface area contributed by atoms with E-state index in [0.29, 0.717) is 0 Å². The Morgan fingerprint density at radius 1 is 1.35 bits per heavy atom. The van der Waals surface area contributed by atoms with E-state index in [-0.39, 0.29) is 10.8 Å². The van der Waals surface area contributed by atoms with Crippen molar-refractivity contribution in [1.82, 2.24) is 4.90 Å². The Morgan fingerprint density at radius 2 is 2.06 bits per heavy atom. The summed E-state index contributed by atoms with van der Waals surface area (Å²) in [5.74, 6) is 0.466. The molecule has 2 rings (SSSR count). The third kappa shape index (κ3) is 3.43. The van der Waals surface area contributed by atoms with Gasteiger partial charge in [0.15, 0.2) is 0 Å². The van der Waals surface area contributed by atoms with Gasteiger partial charge in [-0.05, 0) is 43.5 Å². The summed E-state index contributed by atoms with van der Waals surface area (Å²) in [6, 6.07) is 5.03. The lowest BCUT2D eigenvalue weighted by Gasteiger charge is -2.31. The molecule has 0 radical (unpaired) electrons. The quantitative estimate of drug-likeness (QED) is 0.758. The first kappa shape index (κ1) is 13.3. The second-order valence-electron chi connectivity index (χ2n) is 4.59. The molecule has 1 aromatic rings. The number of halogens is 3. The Labute approximate surface area is 115 Å². The van der Waals surface area contributed by atoms with Crippen LogP contribution in [0.2, 0.25) is 5.02 Å². The minimum Gasteiger partial charge on any atom is -0.299 e. The van der Waals surface area contributed by atoms with Crippen LogP contribution in [0.4, 0.5) is 4.39 Å². The predicted molar refractivity (Wildman–Crippen MR) is 73.2 cm³/mol. The smallest absolute Gasteiger partial charge is 0.142 e. The summed E-state index contributed by atoms with van der Waals surface area (Å²) in [4.78, 5) is 2.35. The van der Waals surface area contributed by atoms with E-state index in [2.05, 4.69) is 20.8 Å². The van der Waals surface area contributed by atoms with E-state index >= 15 is 0 Å². The van der Waals surface area contributed by atoms with Crippen LogP contribution in [0.5, 0.6) is 0 Å². The Bertz CT molecular complexity index is 378. The lowest BCUT2D eigenvalue weighted by molar-refractivity contribution is 0.187. The Balaban J connectivity index is 1.95. The zero-order valence-electron chi connectivity index (χ0n) is 9.63. The molecule has 0 N–H and O–H groups in total. The first-order valence-corrected chi connectivity index (χ1v) is 7.42. The van der Waals surface area contributed by atoms with Crippen molar-refractivity contribution in [3.8, 4) is 0 Å². The van der Waals surface area contributed by atoms with Crippen LogP contribution in [-0.4, -0.2) is 23.3 Å². The van der Waals surface area contributed by atoms with E-state index in [4.69, 9.17) is 11.6 Å². The van der Waals surface area contributed by atoms with Gasteiger partial charge in [0.1, 0.15) is 5.82 Å². The van der Waals surface area contributed by atoms with Crippen molar-refractivity contribution >= 4 is 27.5 Å². The highest BCUT2D eigenvalue weighted by molar-refractivity contribution is 9.09. The van der Waals surface area contributed by atoms with Crippen molar-refractivity contribution in [2.45, 2.75) is 19.4 Å². The average molecular weight is 321 g/mol. The summed E-state index contributed by atoms with van der Waals surface area (Å²) >= 11 is 9.49. The molecule has 0 atom stereocenters. The van der Waals surface area contributed by atoms with Crippen LogP contribution in [0.15, 0.2) is 18.2 Å². The number of hydrogen-bond acceptors (Lipinski definition) is 1. The highest BCUT2D eigenvalue weighted by Crippen LogP contribution is 2.24. The maximum atomic E-state index is 13.3. The standard InChI is InChI=1S/C13H16BrClFN/c14-8-10-4-6-17(7-5-10)9-11-2-1-3-12(16)13(11)15/h1-3,10H,4-9H2. The Morgan fingerprint density at radius 3 is 2.71 bits per heavy atom. The molecule has 0 saturated carbocycles. The maximum Gasteiger partial charge on any atom is 0.142 e. The summed E-state index contributed by atoms with van der Waals surface area (Å²) < 4.78 is 13.3. The van der Waals surface area contributed by atoms with Crippen molar-refractivity contribution in [3.05, 3.63) is 34.6 Å². The zero-order valence-corrected chi connectivity index (χ0v) is 12.0. The SMILES string of the molecule is Fc1cccc(CN2CCC(CBr)CC2)c1Cl. The number of alkyl halides is 1. The number of benzene rings is 1. The molecule has 0 aliphatic carbocycles. The predicted octanol–water partition coefficient (Wildman–Crippen LogP) is 4.09. The van der Waals surface area contributed by atoms with Gasteiger partial charge in [0.25, 0.3) is 0 Å².